The molecule has 15 heavy (non-hydrogen) atoms. The van der Waals surface area contributed by atoms with E-state index in [1.807, 2.05) is 25.1 Å². The van der Waals surface area contributed by atoms with E-state index in [-0.39, 0.29) is 0 Å². The van der Waals surface area contributed by atoms with Gasteiger partial charge in [0.25, 0.3) is 0 Å². The van der Waals surface area contributed by atoms with Gasteiger partial charge in [-0.05, 0) is 36.8 Å². The molecule has 0 saturated heterocycles. The van der Waals surface area contributed by atoms with E-state index in [0.29, 0.717) is 0 Å². The predicted molar refractivity (Wildman–Crippen MR) is 63.9 cm³/mol. The molecule has 0 spiro atoms. The van der Waals surface area contributed by atoms with Crippen LogP contribution in [0.25, 0.3) is 0 Å². The lowest BCUT2D eigenvalue weighted by Crippen LogP contribution is -1.88. The molecule has 0 unspecified atom stereocenters. The first-order valence-corrected chi connectivity index (χ1v) is 5.74. The van der Waals surface area contributed by atoms with E-state index in [1.165, 1.54) is 10.5 Å². The van der Waals surface area contributed by atoms with Crippen LogP contribution in [0.3, 0.4) is 0 Å². The summed E-state index contributed by atoms with van der Waals surface area (Å²) in [6, 6.07) is 8.09. The highest BCUT2D eigenvalue weighted by molar-refractivity contribution is 7.98. The Morgan fingerprint density at radius 1 is 1.33 bits per heavy atom. The summed E-state index contributed by atoms with van der Waals surface area (Å²) in [6.45, 7) is 2.03. The molecule has 0 bridgehead atoms. The lowest BCUT2D eigenvalue weighted by molar-refractivity contribution is 0.565. The number of thioether (sulfide) groups is 1. The van der Waals surface area contributed by atoms with Crippen molar-refractivity contribution in [1.29, 1.82) is 0 Å². The standard InChI is InChI=1S/C12H13NOS/c1-9-6-11(2-3-12(9)13)15-8-10-4-5-14-7-10/h2-7H,8,13H2,1H3. The van der Waals surface area contributed by atoms with Crippen molar-refractivity contribution >= 4 is 17.4 Å². The smallest absolute Gasteiger partial charge is 0.0943 e. The van der Waals surface area contributed by atoms with E-state index in [4.69, 9.17) is 10.2 Å². The molecule has 2 nitrogen and oxygen atoms in total. The van der Waals surface area contributed by atoms with Gasteiger partial charge in [-0.15, -0.1) is 11.8 Å². The molecule has 1 heterocycles. The first-order valence-electron chi connectivity index (χ1n) is 4.76. The highest BCUT2D eigenvalue weighted by Crippen LogP contribution is 2.25. The third-order valence-electron chi connectivity index (χ3n) is 2.23. The maximum atomic E-state index is 5.76. The Morgan fingerprint density at radius 3 is 2.87 bits per heavy atom. The summed E-state index contributed by atoms with van der Waals surface area (Å²) in [5.74, 6) is 0.930. The molecule has 0 radical (unpaired) electrons. The van der Waals surface area contributed by atoms with Crippen LogP contribution in [0.1, 0.15) is 11.1 Å². The van der Waals surface area contributed by atoms with Crippen molar-refractivity contribution in [2.75, 3.05) is 5.73 Å². The minimum Gasteiger partial charge on any atom is -0.472 e. The Balaban J connectivity index is 2.02. The fourth-order valence-corrected chi connectivity index (χ4v) is 2.20. The molecular weight excluding hydrogens is 206 g/mol. The van der Waals surface area contributed by atoms with E-state index in [2.05, 4.69) is 6.07 Å². The molecule has 0 aliphatic carbocycles. The lowest BCUT2D eigenvalue weighted by atomic mass is 10.2. The zero-order chi connectivity index (χ0) is 10.7. The SMILES string of the molecule is Cc1cc(SCc2ccoc2)ccc1N. The highest BCUT2D eigenvalue weighted by atomic mass is 32.2. The Bertz CT molecular complexity index is 437. The number of hydrogen-bond donors (Lipinski definition) is 1. The van der Waals surface area contributed by atoms with Gasteiger partial charge < -0.3 is 10.2 Å². The third kappa shape index (κ3) is 2.57. The fraction of sp³-hybridized carbons (Fsp3) is 0.167. The number of furan rings is 1. The molecule has 1 aromatic carbocycles. The summed E-state index contributed by atoms with van der Waals surface area (Å²) < 4.78 is 5.01. The zero-order valence-electron chi connectivity index (χ0n) is 8.57. The van der Waals surface area contributed by atoms with Gasteiger partial charge in [0.05, 0.1) is 12.5 Å². The quantitative estimate of drug-likeness (QED) is 0.634. The van der Waals surface area contributed by atoms with Crippen LogP contribution in [0.15, 0.2) is 46.1 Å². The van der Waals surface area contributed by atoms with Crippen molar-refractivity contribution in [2.45, 2.75) is 17.6 Å². The second kappa shape index (κ2) is 4.45. The molecule has 0 atom stereocenters. The number of hydrogen-bond acceptors (Lipinski definition) is 3. The Hall–Kier alpha value is -1.35. The van der Waals surface area contributed by atoms with Crippen LogP contribution in [0.2, 0.25) is 0 Å². The predicted octanol–water partition coefficient (Wildman–Crippen LogP) is 3.46. The number of nitrogens with two attached hydrogens (primary N) is 1. The number of nitrogen functional groups attached to an aromatic ring is 1. The van der Waals surface area contributed by atoms with Crippen molar-refractivity contribution < 1.29 is 4.42 Å². The van der Waals surface area contributed by atoms with Gasteiger partial charge in [0, 0.05) is 21.9 Å². The Kier molecular flexibility index (Phi) is 3.02. The van der Waals surface area contributed by atoms with Crippen molar-refractivity contribution in [2.24, 2.45) is 0 Å². The molecular formula is C12H13NOS. The minimum absolute atomic E-state index is 0.850. The molecule has 78 valence electrons. The molecule has 0 aliphatic rings. The molecule has 0 aliphatic heterocycles. The minimum atomic E-state index is 0.850. The maximum absolute atomic E-state index is 5.76. The number of anilines is 1. The first kappa shape index (κ1) is 10.2. The van der Waals surface area contributed by atoms with Crippen molar-refractivity contribution in [3.63, 3.8) is 0 Å². The first-order chi connectivity index (χ1) is 7.25. The maximum Gasteiger partial charge on any atom is 0.0943 e. The summed E-state index contributed by atoms with van der Waals surface area (Å²) >= 11 is 1.79. The van der Waals surface area contributed by atoms with Gasteiger partial charge in [0.1, 0.15) is 0 Å². The van der Waals surface area contributed by atoms with Crippen LogP contribution in [-0.2, 0) is 5.75 Å². The molecule has 0 fully saturated rings. The second-order valence-corrected chi connectivity index (χ2v) is 4.49. The molecule has 0 amide bonds. The van der Waals surface area contributed by atoms with Gasteiger partial charge in [-0.1, -0.05) is 0 Å². The number of benzene rings is 1. The van der Waals surface area contributed by atoms with E-state index >= 15 is 0 Å². The van der Waals surface area contributed by atoms with Gasteiger partial charge in [-0.3, -0.25) is 0 Å². The van der Waals surface area contributed by atoms with Gasteiger partial charge in [0.2, 0.25) is 0 Å². The lowest BCUT2D eigenvalue weighted by Gasteiger charge is -2.03. The molecule has 2 N–H and O–H groups in total. The van der Waals surface area contributed by atoms with E-state index in [0.717, 1.165) is 17.0 Å². The van der Waals surface area contributed by atoms with Gasteiger partial charge in [-0.25, -0.2) is 0 Å². The van der Waals surface area contributed by atoms with Crippen LogP contribution >= 0.6 is 11.8 Å². The number of rotatable bonds is 3. The van der Waals surface area contributed by atoms with Crippen LogP contribution in [0.5, 0.6) is 0 Å². The topological polar surface area (TPSA) is 39.2 Å². The van der Waals surface area contributed by atoms with E-state index in [9.17, 15) is 0 Å². The molecule has 2 rings (SSSR count). The van der Waals surface area contributed by atoms with Gasteiger partial charge in [0.15, 0.2) is 0 Å². The molecule has 3 heteroatoms. The summed E-state index contributed by atoms with van der Waals surface area (Å²) in [4.78, 5) is 1.24. The highest BCUT2D eigenvalue weighted by Gasteiger charge is 1.99. The van der Waals surface area contributed by atoms with Crippen LogP contribution in [-0.4, -0.2) is 0 Å². The third-order valence-corrected chi connectivity index (χ3v) is 3.29. The number of aryl methyl sites for hydroxylation is 1. The molecule has 1 aromatic heterocycles. The zero-order valence-corrected chi connectivity index (χ0v) is 9.38. The van der Waals surface area contributed by atoms with Crippen molar-refractivity contribution in [3.8, 4) is 0 Å². The van der Waals surface area contributed by atoms with E-state index in [1.54, 1.807) is 24.3 Å². The van der Waals surface area contributed by atoms with Crippen LogP contribution in [0.4, 0.5) is 5.69 Å². The Labute approximate surface area is 93.5 Å². The average Bonchev–Trinajstić information content (AvgIpc) is 2.73. The summed E-state index contributed by atoms with van der Waals surface area (Å²) in [6.07, 6.45) is 3.47. The van der Waals surface area contributed by atoms with Crippen molar-refractivity contribution in [1.82, 2.24) is 0 Å². The second-order valence-electron chi connectivity index (χ2n) is 3.44. The molecule has 2 aromatic rings. The average molecular weight is 219 g/mol. The molecule has 0 saturated carbocycles. The van der Waals surface area contributed by atoms with Gasteiger partial charge in [-0.2, -0.15) is 0 Å². The Morgan fingerprint density at radius 2 is 2.20 bits per heavy atom. The summed E-state index contributed by atoms with van der Waals surface area (Å²) in [7, 11) is 0. The fourth-order valence-electron chi connectivity index (χ4n) is 1.28. The van der Waals surface area contributed by atoms with Crippen LogP contribution < -0.4 is 5.73 Å². The van der Waals surface area contributed by atoms with E-state index < -0.39 is 0 Å². The summed E-state index contributed by atoms with van der Waals surface area (Å²) in [5, 5.41) is 0. The summed E-state index contributed by atoms with van der Waals surface area (Å²) in [5.41, 5.74) is 8.94. The van der Waals surface area contributed by atoms with Crippen LogP contribution in [0, 0.1) is 6.92 Å². The normalized spacial score (nSPS) is 10.5. The largest absolute Gasteiger partial charge is 0.472 e. The monoisotopic (exact) mass is 219 g/mol. The van der Waals surface area contributed by atoms with Crippen molar-refractivity contribution in [3.05, 3.63) is 47.9 Å². The van der Waals surface area contributed by atoms with Gasteiger partial charge >= 0.3 is 0 Å².